The Labute approximate surface area is 173 Å². The fourth-order valence-corrected chi connectivity index (χ4v) is 3.13. The number of ether oxygens (including phenoxy) is 2. The molecule has 1 atom stereocenters. The predicted octanol–water partition coefficient (Wildman–Crippen LogP) is 2.47. The summed E-state index contributed by atoms with van der Waals surface area (Å²) >= 11 is 0. The Morgan fingerprint density at radius 1 is 1.38 bits per heavy atom. The van der Waals surface area contributed by atoms with Crippen LogP contribution in [0.4, 0.5) is 0 Å². The van der Waals surface area contributed by atoms with Crippen molar-refractivity contribution in [3.8, 4) is 5.75 Å². The Balaban J connectivity index is 0.00000338. The highest BCUT2D eigenvalue weighted by Gasteiger charge is 2.34. The normalized spacial score (nSPS) is 19.8. The Morgan fingerprint density at radius 2 is 2.19 bits per heavy atom. The number of aryl methyl sites for hydroxylation is 1. The number of hydrogen-bond acceptors (Lipinski definition) is 4. The molecule has 2 rings (SSSR count). The maximum atomic E-state index is 9.31. The molecule has 1 aromatic rings. The summed E-state index contributed by atoms with van der Waals surface area (Å²) in [6, 6.07) is 6.21. The zero-order valence-electron chi connectivity index (χ0n) is 16.0. The molecular weight excluding hydrogens is 445 g/mol. The minimum absolute atomic E-state index is 0. The van der Waals surface area contributed by atoms with Crippen LogP contribution in [0.25, 0.3) is 0 Å². The summed E-state index contributed by atoms with van der Waals surface area (Å²) in [6.07, 6.45) is 1.71. The van der Waals surface area contributed by atoms with Crippen molar-refractivity contribution in [1.29, 1.82) is 0 Å². The first-order valence-electron chi connectivity index (χ1n) is 8.98. The molecule has 7 heteroatoms. The van der Waals surface area contributed by atoms with Crippen molar-refractivity contribution in [2.75, 3.05) is 40.0 Å². The van der Waals surface area contributed by atoms with Crippen molar-refractivity contribution in [1.82, 2.24) is 10.6 Å². The molecule has 26 heavy (non-hydrogen) atoms. The van der Waals surface area contributed by atoms with Crippen molar-refractivity contribution in [3.63, 3.8) is 0 Å². The van der Waals surface area contributed by atoms with Gasteiger partial charge < -0.3 is 25.2 Å². The molecule has 0 radical (unpaired) electrons. The number of rotatable bonds is 8. The number of hydrogen-bond donors (Lipinski definition) is 3. The maximum absolute atomic E-state index is 9.31. The standard InChI is InChI=1S/C19H31N3O3.HI/c1-4-25-17-6-5-16(11-15(17)2)12-21-18(20-3)22-13-19(7-9-23)8-10-24-14-19;/h5-6,11,23H,4,7-10,12-14H2,1-3H3,(H2,20,21,22);1H. The third-order valence-corrected chi connectivity index (χ3v) is 4.68. The average Bonchev–Trinajstić information content (AvgIpc) is 3.06. The second-order valence-electron chi connectivity index (χ2n) is 6.59. The number of halogens is 1. The number of nitrogens with one attached hydrogen (secondary N) is 2. The van der Waals surface area contributed by atoms with Gasteiger partial charge >= 0.3 is 0 Å². The van der Waals surface area contributed by atoms with E-state index in [4.69, 9.17) is 9.47 Å². The van der Waals surface area contributed by atoms with Crippen LogP contribution < -0.4 is 15.4 Å². The van der Waals surface area contributed by atoms with Gasteiger partial charge in [-0.15, -0.1) is 24.0 Å². The van der Waals surface area contributed by atoms with Gasteiger partial charge in [0.15, 0.2) is 5.96 Å². The van der Waals surface area contributed by atoms with E-state index in [0.29, 0.717) is 19.8 Å². The summed E-state index contributed by atoms with van der Waals surface area (Å²) in [5.74, 6) is 1.69. The van der Waals surface area contributed by atoms with Gasteiger partial charge in [-0.1, -0.05) is 12.1 Å². The first-order valence-corrected chi connectivity index (χ1v) is 8.98. The van der Waals surface area contributed by atoms with Gasteiger partial charge in [-0.2, -0.15) is 0 Å². The molecule has 1 unspecified atom stereocenters. The molecule has 6 nitrogen and oxygen atoms in total. The van der Waals surface area contributed by atoms with E-state index in [2.05, 4.69) is 34.7 Å². The van der Waals surface area contributed by atoms with Crippen LogP contribution in [0.5, 0.6) is 5.75 Å². The van der Waals surface area contributed by atoms with Gasteiger partial charge in [-0.25, -0.2) is 0 Å². The lowest BCUT2D eigenvalue weighted by Gasteiger charge is -2.27. The Kier molecular flexibility index (Phi) is 10.3. The third kappa shape index (κ3) is 6.59. The van der Waals surface area contributed by atoms with Gasteiger partial charge in [0.1, 0.15) is 5.75 Å². The minimum Gasteiger partial charge on any atom is -0.494 e. The van der Waals surface area contributed by atoms with Crippen LogP contribution in [-0.4, -0.2) is 51.1 Å². The molecule has 3 N–H and O–H groups in total. The van der Waals surface area contributed by atoms with Crippen LogP contribution in [0.2, 0.25) is 0 Å². The number of aliphatic imine (C=N–C) groups is 1. The van der Waals surface area contributed by atoms with Gasteiger partial charge in [0.25, 0.3) is 0 Å². The van der Waals surface area contributed by atoms with Gasteiger partial charge in [0.05, 0.1) is 13.2 Å². The SMILES string of the molecule is CCOc1ccc(CNC(=NC)NCC2(CCO)CCOC2)cc1C.I. The molecule has 0 bridgehead atoms. The summed E-state index contributed by atoms with van der Waals surface area (Å²) in [5.41, 5.74) is 2.31. The highest BCUT2D eigenvalue weighted by Crippen LogP contribution is 2.31. The van der Waals surface area contributed by atoms with E-state index in [-0.39, 0.29) is 36.0 Å². The smallest absolute Gasteiger partial charge is 0.191 e. The molecule has 0 aliphatic carbocycles. The Bertz CT molecular complexity index is 575. The van der Waals surface area contributed by atoms with E-state index in [1.54, 1.807) is 7.05 Å². The van der Waals surface area contributed by atoms with E-state index in [9.17, 15) is 5.11 Å². The van der Waals surface area contributed by atoms with E-state index < -0.39 is 0 Å². The first kappa shape index (κ1) is 23.0. The van der Waals surface area contributed by atoms with Crippen LogP contribution in [0.15, 0.2) is 23.2 Å². The number of aliphatic hydroxyl groups is 1. The number of benzene rings is 1. The lowest BCUT2D eigenvalue weighted by atomic mass is 9.84. The maximum Gasteiger partial charge on any atom is 0.191 e. The zero-order chi connectivity index (χ0) is 18.1. The van der Waals surface area contributed by atoms with Crippen molar-refractivity contribution in [2.24, 2.45) is 10.4 Å². The Morgan fingerprint density at radius 3 is 2.77 bits per heavy atom. The fraction of sp³-hybridized carbons (Fsp3) is 0.632. The van der Waals surface area contributed by atoms with Crippen molar-refractivity contribution >= 4 is 29.9 Å². The summed E-state index contributed by atoms with van der Waals surface area (Å²) in [7, 11) is 1.77. The molecule has 1 aliphatic heterocycles. The lowest BCUT2D eigenvalue weighted by Crippen LogP contribution is -2.44. The molecule has 0 aromatic heterocycles. The van der Waals surface area contributed by atoms with Crippen LogP contribution in [-0.2, 0) is 11.3 Å². The van der Waals surface area contributed by atoms with Crippen molar-refractivity contribution in [2.45, 2.75) is 33.2 Å². The van der Waals surface area contributed by atoms with Crippen LogP contribution in [0, 0.1) is 12.3 Å². The molecular formula is C19H32IN3O3. The van der Waals surface area contributed by atoms with Crippen molar-refractivity contribution in [3.05, 3.63) is 29.3 Å². The molecule has 148 valence electrons. The molecule has 1 saturated heterocycles. The number of aliphatic hydroxyl groups excluding tert-OH is 1. The van der Waals surface area contributed by atoms with Crippen LogP contribution in [0.1, 0.15) is 30.9 Å². The van der Waals surface area contributed by atoms with E-state index in [0.717, 1.165) is 43.3 Å². The average molecular weight is 477 g/mol. The molecule has 1 fully saturated rings. The van der Waals surface area contributed by atoms with E-state index in [1.165, 1.54) is 5.56 Å². The molecule has 1 aliphatic rings. The molecule has 1 heterocycles. The fourth-order valence-electron chi connectivity index (χ4n) is 3.13. The monoisotopic (exact) mass is 477 g/mol. The number of guanidine groups is 1. The Hall–Kier alpha value is -1.06. The topological polar surface area (TPSA) is 75.1 Å². The molecule has 0 amide bonds. The highest BCUT2D eigenvalue weighted by atomic mass is 127. The molecule has 0 saturated carbocycles. The summed E-state index contributed by atoms with van der Waals surface area (Å²) < 4.78 is 11.1. The quantitative estimate of drug-likeness (QED) is 0.305. The highest BCUT2D eigenvalue weighted by molar-refractivity contribution is 14.0. The second-order valence-corrected chi connectivity index (χ2v) is 6.59. The predicted molar refractivity (Wildman–Crippen MR) is 116 cm³/mol. The van der Waals surface area contributed by atoms with E-state index in [1.807, 2.05) is 13.0 Å². The summed E-state index contributed by atoms with van der Waals surface area (Å²) in [5, 5.41) is 16.0. The second kappa shape index (κ2) is 11.6. The van der Waals surface area contributed by atoms with Crippen LogP contribution in [0.3, 0.4) is 0 Å². The molecule has 0 spiro atoms. The zero-order valence-corrected chi connectivity index (χ0v) is 18.3. The third-order valence-electron chi connectivity index (χ3n) is 4.68. The van der Waals surface area contributed by atoms with E-state index >= 15 is 0 Å². The van der Waals surface area contributed by atoms with Gasteiger partial charge in [0.2, 0.25) is 0 Å². The van der Waals surface area contributed by atoms with Gasteiger partial charge in [0, 0.05) is 38.8 Å². The summed E-state index contributed by atoms with van der Waals surface area (Å²) in [4.78, 5) is 4.29. The van der Waals surface area contributed by atoms with Gasteiger partial charge in [-0.3, -0.25) is 4.99 Å². The largest absolute Gasteiger partial charge is 0.494 e. The lowest BCUT2D eigenvalue weighted by molar-refractivity contribution is 0.127. The summed E-state index contributed by atoms with van der Waals surface area (Å²) in [6.45, 7) is 7.79. The molecule has 1 aromatic carbocycles. The first-order chi connectivity index (χ1) is 12.1. The number of nitrogens with zero attached hydrogens (tertiary/aromatic N) is 1. The van der Waals surface area contributed by atoms with Crippen LogP contribution >= 0.6 is 24.0 Å². The minimum atomic E-state index is 0. The van der Waals surface area contributed by atoms with Crippen molar-refractivity contribution < 1.29 is 14.6 Å². The van der Waals surface area contributed by atoms with Gasteiger partial charge in [-0.05, 0) is 43.9 Å².